The predicted octanol–water partition coefficient (Wildman–Crippen LogP) is 0.225. The van der Waals surface area contributed by atoms with E-state index in [0.717, 1.165) is 0 Å². The monoisotopic (exact) mass is 307 g/mol. The third-order valence-electron chi connectivity index (χ3n) is 3.11. The van der Waals surface area contributed by atoms with E-state index < -0.39 is 17.7 Å². The lowest BCUT2D eigenvalue weighted by molar-refractivity contribution is -0.127. The topological polar surface area (TPSA) is 93.1 Å². The first-order valence-corrected chi connectivity index (χ1v) is 6.94. The van der Waals surface area contributed by atoms with E-state index in [0.29, 0.717) is 11.5 Å². The molecule has 0 fully saturated rings. The molecule has 1 aliphatic heterocycles. The van der Waals surface area contributed by atoms with Crippen LogP contribution in [0.25, 0.3) is 0 Å². The molecule has 0 saturated heterocycles. The first-order valence-electron chi connectivity index (χ1n) is 6.94. The Hall–Kier alpha value is -2.09. The van der Waals surface area contributed by atoms with Gasteiger partial charge >= 0.3 is 0 Å². The SMILES string of the molecule is O=C(CCOCCOCCO)N1C(=O)c2ccccc2C1=O. The van der Waals surface area contributed by atoms with Gasteiger partial charge in [0.15, 0.2) is 0 Å². The van der Waals surface area contributed by atoms with Gasteiger partial charge in [0.1, 0.15) is 0 Å². The first-order chi connectivity index (χ1) is 10.7. The van der Waals surface area contributed by atoms with E-state index in [2.05, 4.69) is 0 Å². The molecule has 22 heavy (non-hydrogen) atoms. The van der Waals surface area contributed by atoms with Gasteiger partial charge in [0.2, 0.25) is 5.91 Å². The second-order valence-corrected chi connectivity index (χ2v) is 4.58. The van der Waals surface area contributed by atoms with E-state index in [1.165, 1.54) is 12.1 Å². The van der Waals surface area contributed by atoms with Crippen LogP contribution >= 0.6 is 0 Å². The Kier molecular flexibility index (Phi) is 5.76. The molecule has 0 spiro atoms. The lowest BCUT2D eigenvalue weighted by Gasteiger charge is -2.11. The summed E-state index contributed by atoms with van der Waals surface area (Å²) in [7, 11) is 0. The number of imide groups is 3. The number of carbonyl (C=O) groups excluding carboxylic acids is 3. The van der Waals surface area contributed by atoms with E-state index in [9.17, 15) is 14.4 Å². The fraction of sp³-hybridized carbons (Fsp3) is 0.400. The number of nitrogens with zero attached hydrogens (tertiary/aromatic N) is 1. The number of hydrogen-bond acceptors (Lipinski definition) is 6. The molecule has 118 valence electrons. The van der Waals surface area contributed by atoms with Crippen molar-refractivity contribution in [2.24, 2.45) is 0 Å². The maximum atomic E-state index is 12.1. The number of aliphatic hydroxyl groups excluding tert-OH is 1. The third kappa shape index (κ3) is 3.56. The molecule has 0 atom stereocenters. The van der Waals surface area contributed by atoms with Gasteiger partial charge in [-0.15, -0.1) is 0 Å². The highest BCUT2D eigenvalue weighted by molar-refractivity contribution is 6.28. The normalized spacial score (nSPS) is 13.6. The van der Waals surface area contributed by atoms with E-state index in [4.69, 9.17) is 14.6 Å². The van der Waals surface area contributed by atoms with Gasteiger partial charge in [-0.1, -0.05) is 12.1 Å². The maximum Gasteiger partial charge on any atom is 0.268 e. The van der Waals surface area contributed by atoms with E-state index >= 15 is 0 Å². The molecule has 0 radical (unpaired) electrons. The molecular formula is C15H17NO6. The van der Waals surface area contributed by atoms with Gasteiger partial charge in [-0.3, -0.25) is 14.4 Å². The van der Waals surface area contributed by atoms with Crippen molar-refractivity contribution in [1.82, 2.24) is 4.90 Å². The summed E-state index contributed by atoms with van der Waals surface area (Å²) < 4.78 is 10.2. The zero-order chi connectivity index (χ0) is 15.9. The minimum absolute atomic E-state index is 0.0573. The highest BCUT2D eigenvalue weighted by atomic mass is 16.5. The van der Waals surface area contributed by atoms with Gasteiger partial charge in [0, 0.05) is 0 Å². The van der Waals surface area contributed by atoms with Crippen LogP contribution in [0.2, 0.25) is 0 Å². The summed E-state index contributed by atoms with van der Waals surface area (Å²) in [6.07, 6.45) is -0.0640. The molecule has 1 N–H and O–H groups in total. The van der Waals surface area contributed by atoms with Gasteiger partial charge in [0.25, 0.3) is 11.8 Å². The van der Waals surface area contributed by atoms with Crippen LogP contribution in [-0.4, -0.2) is 60.8 Å². The molecule has 7 nitrogen and oxygen atoms in total. The standard InChI is InChI=1S/C15H17NO6/c17-6-8-22-10-9-21-7-5-13(18)16-14(19)11-3-1-2-4-12(11)15(16)20/h1-4,17H,5-10H2. The minimum atomic E-state index is -0.586. The molecule has 2 rings (SSSR count). The average molecular weight is 307 g/mol. The van der Waals surface area contributed by atoms with Crippen molar-refractivity contribution in [3.8, 4) is 0 Å². The van der Waals surface area contributed by atoms with Crippen LogP contribution < -0.4 is 0 Å². The minimum Gasteiger partial charge on any atom is -0.394 e. The van der Waals surface area contributed by atoms with E-state index in [-0.39, 0.29) is 44.0 Å². The number of hydrogen-bond donors (Lipinski definition) is 1. The Morgan fingerprint density at radius 1 is 0.955 bits per heavy atom. The maximum absolute atomic E-state index is 12.1. The lowest BCUT2D eigenvalue weighted by Crippen LogP contribution is -2.36. The van der Waals surface area contributed by atoms with Crippen molar-refractivity contribution in [2.45, 2.75) is 6.42 Å². The average Bonchev–Trinajstić information content (AvgIpc) is 2.78. The summed E-state index contributed by atoms with van der Waals surface area (Å²) in [6, 6.07) is 6.34. The molecule has 1 aromatic rings. The molecule has 0 bridgehead atoms. The molecule has 7 heteroatoms. The molecule has 1 heterocycles. The van der Waals surface area contributed by atoms with Crippen molar-refractivity contribution < 1.29 is 29.0 Å². The summed E-state index contributed by atoms with van der Waals surface area (Å²) in [6.45, 7) is 0.849. The largest absolute Gasteiger partial charge is 0.394 e. The fourth-order valence-corrected chi connectivity index (χ4v) is 2.07. The Bertz CT molecular complexity index is 536. The number of ether oxygens (including phenoxy) is 2. The van der Waals surface area contributed by atoms with Crippen LogP contribution in [0.3, 0.4) is 0 Å². The molecule has 1 aliphatic rings. The summed E-state index contributed by atoms with van der Waals surface area (Å²) in [5, 5.41) is 8.51. The summed E-state index contributed by atoms with van der Waals surface area (Å²) in [5.41, 5.74) is 0.498. The van der Waals surface area contributed by atoms with Gasteiger partial charge in [-0.05, 0) is 12.1 Å². The number of carbonyl (C=O) groups is 3. The van der Waals surface area contributed by atoms with Crippen molar-refractivity contribution in [1.29, 1.82) is 0 Å². The highest BCUT2D eigenvalue weighted by Gasteiger charge is 2.39. The fourth-order valence-electron chi connectivity index (χ4n) is 2.07. The highest BCUT2D eigenvalue weighted by Crippen LogP contribution is 2.22. The van der Waals surface area contributed by atoms with Crippen molar-refractivity contribution >= 4 is 17.7 Å². The van der Waals surface area contributed by atoms with E-state index in [1.54, 1.807) is 12.1 Å². The number of rotatable bonds is 8. The van der Waals surface area contributed by atoms with Crippen LogP contribution in [0, 0.1) is 0 Å². The molecule has 1 aromatic carbocycles. The Morgan fingerprint density at radius 3 is 2.05 bits per heavy atom. The first kappa shape index (κ1) is 16.3. The number of aliphatic hydroxyl groups is 1. The van der Waals surface area contributed by atoms with Crippen LogP contribution in [0.4, 0.5) is 0 Å². The number of amides is 3. The smallest absolute Gasteiger partial charge is 0.268 e. The second-order valence-electron chi connectivity index (χ2n) is 4.58. The van der Waals surface area contributed by atoms with Gasteiger partial charge < -0.3 is 14.6 Å². The predicted molar refractivity (Wildman–Crippen MR) is 75.3 cm³/mol. The molecular weight excluding hydrogens is 290 g/mol. The van der Waals surface area contributed by atoms with E-state index in [1.807, 2.05) is 0 Å². The van der Waals surface area contributed by atoms with Crippen molar-refractivity contribution in [3.05, 3.63) is 35.4 Å². The Balaban J connectivity index is 1.80. The molecule has 0 aromatic heterocycles. The van der Waals surface area contributed by atoms with Gasteiger partial charge in [0.05, 0.1) is 50.6 Å². The number of fused-ring (bicyclic) bond motifs is 1. The quantitative estimate of drug-likeness (QED) is 0.546. The van der Waals surface area contributed by atoms with Crippen LogP contribution in [0.1, 0.15) is 27.1 Å². The zero-order valence-electron chi connectivity index (χ0n) is 12.0. The second kappa shape index (κ2) is 7.79. The van der Waals surface area contributed by atoms with Crippen molar-refractivity contribution in [3.63, 3.8) is 0 Å². The molecule has 0 unspecified atom stereocenters. The lowest BCUT2D eigenvalue weighted by atomic mass is 10.1. The zero-order valence-corrected chi connectivity index (χ0v) is 12.0. The van der Waals surface area contributed by atoms with Crippen LogP contribution in [0.15, 0.2) is 24.3 Å². The van der Waals surface area contributed by atoms with Crippen LogP contribution in [-0.2, 0) is 14.3 Å². The summed E-state index contributed by atoms with van der Waals surface area (Å²) >= 11 is 0. The molecule has 3 amide bonds. The van der Waals surface area contributed by atoms with Crippen LogP contribution in [0.5, 0.6) is 0 Å². The third-order valence-corrected chi connectivity index (χ3v) is 3.11. The Labute approximate surface area is 127 Å². The molecule has 0 aliphatic carbocycles. The van der Waals surface area contributed by atoms with Crippen molar-refractivity contribution in [2.75, 3.05) is 33.0 Å². The van der Waals surface area contributed by atoms with Gasteiger partial charge in [-0.25, -0.2) is 4.90 Å². The molecule has 0 saturated carbocycles. The summed E-state index contributed by atoms with van der Waals surface area (Å²) in [4.78, 5) is 36.8. The number of benzene rings is 1. The Morgan fingerprint density at radius 2 is 1.50 bits per heavy atom. The van der Waals surface area contributed by atoms with Gasteiger partial charge in [-0.2, -0.15) is 0 Å². The summed E-state index contributed by atoms with van der Waals surface area (Å²) in [5.74, 6) is -1.75.